The summed E-state index contributed by atoms with van der Waals surface area (Å²) in [5, 5.41) is 2.65. The van der Waals surface area contributed by atoms with Crippen LogP contribution in [0.2, 0.25) is 0 Å². The number of nitrogens with one attached hydrogen (secondary N) is 1. The summed E-state index contributed by atoms with van der Waals surface area (Å²) in [5.41, 5.74) is 5.02. The summed E-state index contributed by atoms with van der Waals surface area (Å²) in [7, 11) is 0. The Labute approximate surface area is 83.6 Å². The van der Waals surface area contributed by atoms with Gasteiger partial charge in [-0.25, -0.2) is 4.79 Å². The minimum Gasteiger partial charge on any atom is -0.352 e. The minimum absolute atomic E-state index is 0.0605. The number of carbonyl (C=O) groups excluding carboxylic acids is 2. The van der Waals surface area contributed by atoms with Gasteiger partial charge in [0, 0.05) is 19.1 Å². The van der Waals surface area contributed by atoms with E-state index in [4.69, 9.17) is 5.73 Å². The van der Waals surface area contributed by atoms with E-state index in [-0.39, 0.29) is 17.9 Å². The zero-order valence-electron chi connectivity index (χ0n) is 8.62. The molecule has 1 aliphatic heterocycles. The summed E-state index contributed by atoms with van der Waals surface area (Å²) < 4.78 is 0. The van der Waals surface area contributed by atoms with Crippen LogP contribution in [0.3, 0.4) is 0 Å². The molecule has 2 unspecified atom stereocenters. The van der Waals surface area contributed by atoms with Crippen molar-refractivity contribution in [2.24, 2.45) is 5.73 Å². The maximum absolute atomic E-state index is 11.1. The van der Waals surface area contributed by atoms with Gasteiger partial charge in [-0.1, -0.05) is 0 Å². The van der Waals surface area contributed by atoms with Crippen molar-refractivity contribution in [2.75, 3.05) is 13.1 Å². The second kappa shape index (κ2) is 4.41. The van der Waals surface area contributed by atoms with E-state index in [1.54, 1.807) is 6.92 Å². The lowest BCUT2D eigenvalue weighted by Crippen LogP contribution is -2.42. The van der Waals surface area contributed by atoms with Crippen molar-refractivity contribution in [1.82, 2.24) is 10.2 Å². The topological polar surface area (TPSA) is 75.4 Å². The molecule has 0 aromatic heterocycles. The van der Waals surface area contributed by atoms with Crippen molar-refractivity contribution in [3.8, 4) is 0 Å². The molecule has 1 aliphatic rings. The largest absolute Gasteiger partial charge is 0.352 e. The molecule has 5 heteroatoms. The number of nitrogens with zero attached hydrogens (tertiary/aromatic N) is 1. The summed E-state index contributed by atoms with van der Waals surface area (Å²) in [6.07, 6.45) is 0.862. The van der Waals surface area contributed by atoms with Crippen molar-refractivity contribution in [3.05, 3.63) is 0 Å². The Morgan fingerprint density at radius 1 is 1.57 bits per heavy atom. The molecule has 0 bridgehead atoms. The molecule has 5 nitrogen and oxygen atoms in total. The normalized spacial score (nSPS) is 24.6. The van der Waals surface area contributed by atoms with E-state index in [0.29, 0.717) is 6.54 Å². The highest BCUT2D eigenvalue weighted by molar-refractivity contribution is 5.81. The molecular formula is C9H17N3O2. The molecule has 3 N–H and O–H groups in total. The number of urea groups is 1. The van der Waals surface area contributed by atoms with Crippen LogP contribution in [0.25, 0.3) is 0 Å². The second-order valence-corrected chi connectivity index (χ2v) is 3.78. The van der Waals surface area contributed by atoms with Crippen molar-refractivity contribution in [2.45, 2.75) is 32.4 Å². The first-order valence-corrected chi connectivity index (χ1v) is 4.81. The van der Waals surface area contributed by atoms with E-state index < -0.39 is 6.03 Å². The molecule has 14 heavy (non-hydrogen) atoms. The van der Waals surface area contributed by atoms with Crippen LogP contribution in [-0.2, 0) is 4.79 Å². The monoisotopic (exact) mass is 199 g/mol. The fraction of sp³-hybridized carbons (Fsp3) is 0.778. The van der Waals surface area contributed by atoms with Crippen LogP contribution in [0.15, 0.2) is 0 Å². The molecule has 1 rings (SSSR count). The van der Waals surface area contributed by atoms with Crippen LogP contribution < -0.4 is 11.1 Å². The van der Waals surface area contributed by atoms with Crippen molar-refractivity contribution in [3.63, 3.8) is 0 Å². The lowest BCUT2D eigenvalue weighted by atomic mass is 10.2. The summed E-state index contributed by atoms with van der Waals surface area (Å²) in [6, 6.07) is -0.462. The van der Waals surface area contributed by atoms with Gasteiger partial charge in [0.1, 0.15) is 5.78 Å². The molecule has 0 spiro atoms. The Hall–Kier alpha value is -1.10. The standard InChI is InChI=1S/C9H17N3O2/c1-6(7(2)13)12-4-3-8(5-12)11-9(10)14/h6,8H,3-5H2,1-2H3,(H3,10,11,14). The van der Waals surface area contributed by atoms with Crippen LogP contribution in [0.4, 0.5) is 4.79 Å². The zero-order valence-corrected chi connectivity index (χ0v) is 8.62. The van der Waals surface area contributed by atoms with E-state index in [1.807, 2.05) is 6.92 Å². The number of hydrogen-bond donors (Lipinski definition) is 2. The molecule has 0 aliphatic carbocycles. The second-order valence-electron chi connectivity index (χ2n) is 3.78. The fourth-order valence-electron chi connectivity index (χ4n) is 1.72. The van der Waals surface area contributed by atoms with E-state index in [0.717, 1.165) is 13.0 Å². The Morgan fingerprint density at radius 3 is 2.71 bits per heavy atom. The third-order valence-corrected chi connectivity index (χ3v) is 2.70. The van der Waals surface area contributed by atoms with Crippen LogP contribution in [0.5, 0.6) is 0 Å². The molecule has 0 saturated carbocycles. The highest BCUT2D eigenvalue weighted by Crippen LogP contribution is 2.12. The van der Waals surface area contributed by atoms with Gasteiger partial charge in [0.2, 0.25) is 0 Å². The quantitative estimate of drug-likeness (QED) is 0.655. The lowest BCUT2D eigenvalue weighted by Gasteiger charge is -2.21. The van der Waals surface area contributed by atoms with Gasteiger partial charge in [0.15, 0.2) is 0 Å². The Morgan fingerprint density at radius 2 is 2.21 bits per heavy atom. The van der Waals surface area contributed by atoms with Crippen molar-refractivity contribution < 1.29 is 9.59 Å². The lowest BCUT2D eigenvalue weighted by molar-refractivity contribution is -0.121. The van der Waals surface area contributed by atoms with Crippen molar-refractivity contribution >= 4 is 11.8 Å². The Kier molecular flexibility index (Phi) is 3.46. The first kappa shape index (κ1) is 11.0. The molecule has 0 aromatic rings. The summed E-state index contributed by atoms with van der Waals surface area (Å²) >= 11 is 0. The van der Waals surface area contributed by atoms with Crippen molar-refractivity contribution in [1.29, 1.82) is 0 Å². The van der Waals surface area contributed by atoms with Crippen LogP contribution in [0, 0.1) is 0 Å². The average molecular weight is 199 g/mol. The molecule has 1 heterocycles. The van der Waals surface area contributed by atoms with Gasteiger partial charge >= 0.3 is 6.03 Å². The summed E-state index contributed by atoms with van der Waals surface area (Å²) in [5.74, 6) is 0.157. The smallest absolute Gasteiger partial charge is 0.312 e. The number of amides is 2. The van der Waals surface area contributed by atoms with E-state index in [2.05, 4.69) is 10.2 Å². The number of Topliss-reactive ketones (excluding diaryl/α,β-unsaturated/α-hetero) is 1. The molecule has 1 fully saturated rings. The fourth-order valence-corrected chi connectivity index (χ4v) is 1.72. The zero-order chi connectivity index (χ0) is 10.7. The predicted octanol–water partition coefficient (Wildman–Crippen LogP) is -0.293. The first-order chi connectivity index (χ1) is 6.50. The van der Waals surface area contributed by atoms with Crippen LogP contribution in [-0.4, -0.2) is 41.9 Å². The third kappa shape index (κ3) is 2.70. The number of likely N-dealkylation sites (tertiary alicyclic amines) is 1. The number of ketones is 1. The predicted molar refractivity (Wildman–Crippen MR) is 52.8 cm³/mol. The molecule has 0 radical (unpaired) electrons. The number of primary amides is 1. The number of nitrogens with two attached hydrogens (primary N) is 1. The Bertz CT molecular complexity index is 242. The van der Waals surface area contributed by atoms with Gasteiger partial charge < -0.3 is 11.1 Å². The van der Waals surface area contributed by atoms with E-state index in [1.165, 1.54) is 0 Å². The summed E-state index contributed by atoms with van der Waals surface area (Å²) in [6.45, 7) is 5.02. The maximum Gasteiger partial charge on any atom is 0.312 e. The Balaban J connectivity index is 2.41. The molecule has 2 amide bonds. The first-order valence-electron chi connectivity index (χ1n) is 4.81. The maximum atomic E-state index is 11.1. The third-order valence-electron chi connectivity index (χ3n) is 2.70. The van der Waals surface area contributed by atoms with E-state index >= 15 is 0 Å². The van der Waals surface area contributed by atoms with Crippen LogP contribution in [0.1, 0.15) is 20.3 Å². The summed E-state index contributed by atoms with van der Waals surface area (Å²) in [4.78, 5) is 23.8. The molecule has 0 aromatic carbocycles. The average Bonchev–Trinajstić information content (AvgIpc) is 2.50. The molecular weight excluding hydrogens is 182 g/mol. The van der Waals surface area contributed by atoms with Gasteiger partial charge in [0.25, 0.3) is 0 Å². The highest BCUT2D eigenvalue weighted by Gasteiger charge is 2.28. The van der Waals surface area contributed by atoms with Gasteiger partial charge in [-0.3, -0.25) is 9.69 Å². The highest BCUT2D eigenvalue weighted by atomic mass is 16.2. The molecule has 1 saturated heterocycles. The number of carbonyl (C=O) groups is 2. The van der Waals surface area contributed by atoms with Crippen LogP contribution >= 0.6 is 0 Å². The number of rotatable bonds is 3. The molecule has 80 valence electrons. The SMILES string of the molecule is CC(=O)C(C)N1CCC(NC(N)=O)C1. The minimum atomic E-state index is -0.493. The molecule has 2 atom stereocenters. The van der Waals surface area contributed by atoms with Gasteiger partial charge in [-0.2, -0.15) is 0 Å². The van der Waals surface area contributed by atoms with Gasteiger partial charge in [0.05, 0.1) is 6.04 Å². The number of hydrogen-bond acceptors (Lipinski definition) is 3. The van der Waals surface area contributed by atoms with Gasteiger partial charge in [-0.15, -0.1) is 0 Å². The van der Waals surface area contributed by atoms with E-state index in [9.17, 15) is 9.59 Å². The van der Waals surface area contributed by atoms with Gasteiger partial charge in [-0.05, 0) is 20.3 Å².